The monoisotopic (exact) mass is 437 g/mol. The lowest BCUT2D eigenvalue weighted by molar-refractivity contribution is -0.120. The first-order chi connectivity index (χ1) is 13.9. The molecule has 0 radical (unpaired) electrons. The number of fused-ring (bicyclic) bond motifs is 1. The van der Waals surface area contributed by atoms with Crippen LogP contribution < -0.4 is 5.32 Å². The zero-order valence-corrected chi connectivity index (χ0v) is 18.2. The molecule has 1 N–H and O–H groups in total. The van der Waals surface area contributed by atoms with Gasteiger partial charge in [-0.1, -0.05) is 31.0 Å². The molecule has 4 rings (SSSR count). The van der Waals surface area contributed by atoms with E-state index in [1.165, 1.54) is 24.6 Å². The van der Waals surface area contributed by atoms with E-state index in [9.17, 15) is 13.2 Å². The third-order valence-corrected chi connectivity index (χ3v) is 8.48. The Morgan fingerprint density at radius 3 is 2.66 bits per heavy atom. The van der Waals surface area contributed by atoms with E-state index in [-0.39, 0.29) is 22.1 Å². The predicted octanol–water partition coefficient (Wildman–Crippen LogP) is 3.54. The molecule has 0 bridgehead atoms. The van der Waals surface area contributed by atoms with Crippen LogP contribution in [-0.2, 0) is 14.8 Å². The van der Waals surface area contributed by atoms with Gasteiger partial charge in [0.1, 0.15) is 5.52 Å². The summed E-state index contributed by atoms with van der Waals surface area (Å²) in [6.07, 6.45) is 7.28. The van der Waals surface area contributed by atoms with Crippen molar-refractivity contribution in [2.24, 2.45) is 0 Å². The molecule has 158 valence electrons. The molecule has 9 heteroatoms. The van der Waals surface area contributed by atoms with Crippen LogP contribution in [0.15, 0.2) is 32.7 Å². The van der Waals surface area contributed by atoms with E-state index in [2.05, 4.69) is 10.3 Å². The molecule has 1 aromatic heterocycles. The number of hydrogen-bond donors (Lipinski definition) is 1. The van der Waals surface area contributed by atoms with Crippen molar-refractivity contribution in [1.29, 1.82) is 0 Å². The van der Waals surface area contributed by atoms with Gasteiger partial charge in [0.15, 0.2) is 5.58 Å². The lowest BCUT2D eigenvalue weighted by atomic mass is 10.2. The number of carbonyl (C=O) groups excluding carboxylic acids is 1. The second-order valence-corrected chi connectivity index (χ2v) is 11.1. The number of nitrogens with zero attached hydrogens (tertiary/aromatic N) is 2. The Bertz CT molecular complexity index is 977. The van der Waals surface area contributed by atoms with Gasteiger partial charge in [-0.2, -0.15) is 4.31 Å². The molecular weight excluding hydrogens is 410 g/mol. The third kappa shape index (κ3) is 4.62. The summed E-state index contributed by atoms with van der Waals surface area (Å²) in [7, 11) is -3.51. The molecule has 0 unspecified atom stereocenters. The standard InChI is InChI=1S/C20H27N3O4S2/c1-14(19(24)21-15-7-3-4-8-15)28-20-22-17-13-16(9-10-18(17)27-20)29(25,26)23-11-5-2-6-12-23/h9-10,13-15H,2-8,11-12H2,1H3,(H,21,24)/t14-/m1/s1. The first-order valence-corrected chi connectivity index (χ1v) is 12.6. The van der Waals surface area contributed by atoms with Gasteiger partial charge >= 0.3 is 0 Å². The lowest BCUT2D eigenvalue weighted by Gasteiger charge is -2.25. The molecule has 1 amide bonds. The number of aromatic nitrogens is 1. The van der Waals surface area contributed by atoms with Crippen molar-refractivity contribution >= 4 is 38.8 Å². The molecule has 29 heavy (non-hydrogen) atoms. The first kappa shape index (κ1) is 20.7. The van der Waals surface area contributed by atoms with Crippen molar-refractivity contribution < 1.29 is 17.6 Å². The minimum Gasteiger partial charge on any atom is -0.431 e. The SMILES string of the molecule is C[C@@H](Sc1nc2cc(S(=O)(=O)N3CCCCC3)ccc2o1)C(=O)NC1CCCC1. The summed E-state index contributed by atoms with van der Waals surface area (Å²) < 4.78 is 33.0. The number of thioether (sulfide) groups is 1. The van der Waals surface area contributed by atoms with Crippen molar-refractivity contribution in [3.63, 3.8) is 0 Å². The maximum Gasteiger partial charge on any atom is 0.257 e. The molecule has 1 aromatic carbocycles. The van der Waals surface area contributed by atoms with Crippen molar-refractivity contribution in [2.45, 2.75) is 73.3 Å². The number of sulfonamides is 1. The van der Waals surface area contributed by atoms with Crippen LogP contribution in [0.4, 0.5) is 0 Å². The number of hydrogen-bond acceptors (Lipinski definition) is 6. The van der Waals surface area contributed by atoms with Crippen molar-refractivity contribution in [3.05, 3.63) is 18.2 Å². The number of carbonyl (C=O) groups is 1. The fraction of sp³-hybridized carbons (Fsp3) is 0.600. The number of amides is 1. The normalized spacial score (nSPS) is 20.2. The van der Waals surface area contributed by atoms with Crippen molar-refractivity contribution in [2.75, 3.05) is 13.1 Å². The van der Waals surface area contributed by atoms with Gasteiger partial charge in [0.05, 0.1) is 10.1 Å². The Balaban J connectivity index is 1.47. The zero-order chi connectivity index (χ0) is 20.4. The van der Waals surface area contributed by atoms with Gasteiger partial charge in [0, 0.05) is 19.1 Å². The van der Waals surface area contributed by atoms with Crippen LogP contribution in [0, 0.1) is 0 Å². The number of rotatable bonds is 6. The zero-order valence-electron chi connectivity index (χ0n) is 16.6. The molecule has 1 aliphatic heterocycles. The Hall–Kier alpha value is -1.58. The quantitative estimate of drug-likeness (QED) is 0.695. The minimum absolute atomic E-state index is 0.0162. The van der Waals surface area contributed by atoms with Gasteiger partial charge in [-0.3, -0.25) is 4.79 Å². The minimum atomic E-state index is -3.51. The van der Waals surface area contributed by atoms with Gasteiger partial charge in [-0.05, 0) is 50.8 Å². The lowest BCUT2D eigenvalue weighted by Crippen LogP contribution is -2.37. The molecule has 0 spiro atoms. The van der Waals surface area contributed by atoms with Gasteiger partial charge in [0.25, 0.3) is 5.22 Å². The Labute approximate surface area is 175 Å². The van der Waals surface area contributed by atoms with Gasteiger partial charge in [0.2, 0.25) is 15.9 Å². The summed E-state index contributed by atoms with van der Waals surface area (Å²) in [6, 6.07) is 5.06. The summed E-state index contributed by atoms with van der Waals surface area (Å²) in [5, 5.41) is 3.13. The molecule has 2 fully saturated rings. The first-order valence-electron chi connectivity index (χ1n) is 10.3. The molecule has 1 saturated carbocycles. The fourth-order valence-corrected chi connectivity index (χ4v) is 6.25. The Kier molecular flexibility index (Phi) is 6.17. The molecule has 2 aliphatic rings. The number of nitrogens with one attached hydrogen (secondary N) is 1. The van der Waals surface area contributed by atoms with E-state index in [4.69, 9.17) is 4.42 Å². The van der Waals surface area contributed by atoms with Crippen LogP contribution in [0.3, 0.4) is 0 Å². The summed E-state index contributed by atoms with van der Waals surface area (Å²) >= 11 is 1.25. The van der Waals surface area contributed by atoms with Gasteiger partial charge in [-0.15, -0.1) is 0 Å². The van der Waals surface area contributed by atoms with Crippen molar-refractivity contribution in [3.8, 4) is 0 Å². The van der Waals surface area contributed by atoms with Crippen LogP contribution in [0.25, 0.3) is 11.1 Å². The topological polar surface area (TPSA) is 92.5 Å². The maximum absolute atomic E-state index is 12.9. The highest BCUT2D eigenvalue weighted by atomic mass is 32.2. The molecule has 7 nitrogen and oxygen atoms in total. The van der Waals surface area contributed by atoms with E-state index in [1.54, 1.807) is 22.5 Å². The highest BCUT2D eigenvalue weighted by Gasteiger charge is 2.27. The summed E-state index contributed by atoms with van der Waals surface area (Å²) in [4.78, 5) is 17.1. The van der Waals surface area contributed by atoms with Crippen LogP contribution in [0.2, 0.25) is 0 Å². The van der Waals surface area contributed by atoms with Crippen LogP contribution >= 0.6 is 11.8 Å². The molecule has 2 heterocycles. The third-order valence-electron chi connectivity index (χ3n) is 5.64. The van der Waals surface area contributed by atoms with Gasteiger partial charge in [-0.25, -0.2) is 13.4 Å². The van der Waals surface area contributed by atoms with E-state index < -0.39 is 10.0 Å². The fourth-order valence-electron chi connectivity index (χ4n) is 3.94. The number of benzene rings is 1. The molecule has 1 aliphatic carbocycles. The highest BCUT2D eigenvalue weighted by molar-refractivity contribution is 8.00. The maximum atomic E-state index is 12.9. The predicted molar refractivity (Wildman–Crippen MR) is 112 cm³/mol. The molecular formula is C20H27N3O4S2. The van der Waals surface area contributed by atoms with Crippen LogP contribution in [0.5, 0.6) is 0 Å². The molecule has 2 aromatic rings. The summed E-state index contributed by atoms with van der Waals surface area (Å²) in [5.41, 5.74) is 1.02. The molecule has 1 atom stereocenters. The summed E-state index contributed by atoms with van der Waals surface area (Å²) in [6.45, 7) is 2.96. The van der Waals surface area contributed by atoms with E-state index >= 15 is 0 Å². The number of piperidine rings is 1. The smallest absolute Gasteiger partial charge is 0.257 e. The average Bonchev–Trinajstić information content (AvgIpc) is 3.37. The van der Waals surface area contributed by atoms with Crippen LogP contribution in [-0.4, -0.2) is 48.0 Å². The molecule has 1 saturated heterocycles. The van der Waals surface area contributed by atoms with Gasteiger partial charge < -0.3 is 9.73 Å². The van der Waals surface area contributed by atoms with E-state index in [0.717, 1.165) is 32.1 Å². The second-order valence-electron chi connectivity index (χ2n) is 7.82. The highest BCUT2D eigenvalue weighted by Crippen LogP contribution is 2.30. The average molecular weight is 438 g/mol. The van der Waals surface area contributed by atoms with Crippen LogP contribution in [0.1, 0.15) is 51.9 Å². The van der Waals surface area contributed by atoms with E-state index in [1.807, 2.05) is 6.92 Å². The Morgan fingerprint density at radius 2 is 1.93 bits per heavy atom. The van der Waals surface area contributed by atoms with E-state index in [0.29, 0.717) is 29.4 Å². The Morgan fingerprint density at radius 1 is 1.21 bits per heavy atom. The number of oxazole rings is 1. The largest absolute Gasteiger partial charge is 0.431 e. The second kappa shape index (κ2) is 8.65. The summed E-state index contributed by atoms with van der Waals surface area (Å²) in [5.74, 6) is -0.0162. The van der Waals surface area contributed by atoms with Crippen molar-refractivity contribution in [1.82, 2.24) is 14.6 Å².